The topological polar surface area (TPSA) is 108 Å². The fourth-order valence-corrected chi connectivity index (χ4v) is 2.35. The molecule has 0 heterocycles. The van der Waals surface area contributed by atoms with E-state index in [0.717, 1.165) is 5.56 Å². The van der Waals surface area contributed by atoms with Gasteiger partial charge in [-0.3, -0.25) is 0 Å². The number of nitrogens with one attached hydrogen (secondary N) is 1. The van der Waals surface area contributed by atoms with Crippen molar-refractivity contribution in [2.75, 3.05) is 13.7 Å². The molecule has 2 aromatic rings. The van der Waals surface area contributed by atoms with Gasteiger partial charge >= 0.3 is 6.09 Å². The number of aromatic hydroxyl groups is 1. The van der Waals surface area contributed by atoms with Crippen LogP contribution in [0.25, 0.3) is 0 Å². The van der Waals surface area contributed by atoms with Crippen molar-refractivity contribution >= 4 is 6.09 Å². The molecule has 0 spiro atoms. The van der Waals surface area contributed by atoms with Crippen molar-refractivity contribution in [1.29, 1.82) is 0 Å². The van der Waals surface area contributed by atoms with Crippen molar-refractivity contribution in [2.45, 2.75) is 25.2 Å². The Morgan fingerprint density at radius 3 is 2.58 bits per heavy atom. The summed E-state index contributed by atoms with van der Waals surface area (Å²) in [6, 6.07) is 13.6. The van der Waals surface area contributed by atoms with Gasteiger partial charge in [-0.2, -0.15) is 0 Å². The van der Waals surface area contributed by atoms with E-state index in [-0.39, 0.29) is 31.1 Å². The highest BCUT2D eigenvalue weighted by molar-refractivity contribution is 5.67. The highest BCUT2D eigenvalue weighted by Crippen LogP contribution is 2.30. The number of rotatable bonds is 8. The lowest BCUT2D eigenvalue weighted by atomic mass is 10.0. The summed E-state index contributed by atoms with van der Waals surface area (Å²) in [5.41, 5.74) is 1.28. The van der Waals surface area contributed by atoms with Crippen molar-refractivity contribution in [3.05, 3.63) is 59.7 Å². The molecular weight excluding hydrogens is 338 g/mol. The quantitative estimate of drug-likeness (QED) is 0.573. The third-order valence-electron chi connectivity index (χ3n) is 3.83. The highest BCUT2D eigenvalue weighted by atomic mass is 16.5. The van der Waals surface area contributed by atoms with E-state index >= 15 is 0 Å². The Bertz CT molecular complexity index is 706. The third kappa shape index (κ3) is 5.65. The lowest BCUT2D eigenvalue weighted by Crippen LogP contribution is -2.29. The van der Waals surface area contributed by atoms with Gasteiger partial charge in [-0.1, -0.05) is 36.4 Å². The molecule has 26 heavy (non-hydrogen) atoms. The van der Waals surface area contributed by atoms with Gasteiger partial charge in [0.1, 0.15) is 12.7 Å². The summed E-state index contributed by atoms with van der Waals surface area (Å²) in [7, 11) is 1.40. The van der Waals surface area contributed by atoms with Gasteiger partial charge in [0.25, 0.3) is 0 Å². The third-order valence-corrected chi connectivity index (χ3v) is 3.83. The van der Waals surface area contributed by atoms with Crippen LogP contribution in [0.5, 0.6) is 11.5 Å². The number of benzene rings is 2. The second kappa shape index (κ2) is 9.65. The maximum Gasteiger partial charge on any atom is 0.407 e. The second-order valence-corrected chi connectivity index (χ2v) is 5.72. The zero-order chi connectivity index (χ0) is 18.9. The molecule has 2 aromatic carbocycles. The Morgan fingerprint density at radius 1 is 1.15 bits per heavy atom. The summed E-state index contributed by atoms with van der Waals surface area (Å²) >= 11 is 0. The molecule has 0 saturated heterocycles. The molecule has 0 aromatic heterocycles. The number of phenols is 1. The lowest BCUT2D eigenvalue weighted by Gasteiger charge is -2.19. The van der Waals surface area contributed by atoms with Crippen LogP contribution in [0.15, 0.2) is 48.5 Å². The Hall–Kier alpha value is -2.77. The van der Waals surface area contributed by atoms with Crippen molar-refractivity contribution in [2.24, 2.45) is 0 Å². The van der Waals surface area contributed by atoms with E-state index in [9.17, 15) is 20.1 Å². The zero-order valence-corrected chi connectivity index (χ0v) is 14.5. The molecule has 0 bridgehead atoms. The number of carbonyl (C=O) groups is 1. The molecular formula is C19H23NO6. The summed E-state index contributed by atoms with van der Waals surface area (Å²) < 4.78 is 10.0. The fourth-order valence-electron chi connectivity index (χ4n) is 2.35. The Morgan fingerprint density at radius 2 is 1.88 bits per heavy atom. The first-order valence-corrected chi connectivity index (χ1v) is 8.19. The van der Waals surface area contributed by atoms with Gasteiger partial charge in [-0.15, -0.1) is 0 Å². The van der Waals surface area contributed by atoms with Gasteiger partial charge in [-0.05, 0) is 29.7 Å². The number of ether oxygens (including phenoxy) is 2. The Balaban J connectivity index is 1.75. The zero-order valence-electron chi connectivity index (χ0n) is 14.5. The smallest absolute Gasteiger partial charge is 0.407 e. The van der Waals surface area contributed by atoms with Gasteiger partial charge in [0.15, 0.2) is 11.5 Å². The van der Waals surface area contributed by atoms with Crippen LogP contribution in [0.1, 0.15) is 23.7 Å². The number of carbonyl (C=O) groups excluding carboxylic acids is 1. The maximum absolute atomic E-state index is 11.6. The van der Waals surface area contributed by atoms with Crippen LogP contribution >= 0.6 is 0 Å². The number of aliphatic hydroxyl groups is 2. The second-order valence-electron chi connectivity index (χ2n) is 5.72. The highest BCUT2D eigenvalue weighted by Gasteiger charge is 2.20. The van der Waals surface area contributed by atoms with Crippen LogP contribution in [0, 0.1) is 0 Å². The number of alkyl carbamates (subject to hydrolysis) is 1. The van der Waals surface area contributed by atoms with E-state index in [0.29, 0.717) is 5.56 Å². The number of aliphatic hydroxyl groups excluding tert-OH is 2. The van der Waals surface area contributed by atoms with Crippen LogP contribution in [-0.4, -0.2) is 41.2 Å². The molecule has 0 fully saturated rings. The molecule has 1 amide bonds. The van der Waals surface area contributed by atoms with E-state index in [1.165, 1.54) is 25.3 Å². The molecule has 0 saturated carbocycles. The SMILES string of the molecule is COc1cc(C(O)C(O)CCNC(=O)OCc2ccccc2)ccc1O. The van der Waals surface area contributed by atoms with Crippen LogP contribution < -0.4 is 10.1 Å². The van der Waals surface area contributed by atoms with Crippen LogP contribution in [0.2, 0.25) is 0 Å². The van der Waals surface area contributed by atoms with Crippen LogP contribution in [0.4, 0.5) is 4.79 Å². The minimum absolute atomic E-state index is 0.0548. The summed E-state index contributed by atoms with van der Waals surface area (Å²) in [5, 5.41) is 32.4. The van der Waals surface area contributed by atoms with Crippen LogP contribution in [0.3, 0.4) is 0 Å². The van der Waals surface area contributed by atoms with Gasteiger partial charge in [-0.25, -0.2) is 4.79 Å². The summed E-state index contributed by atoms with van der Waals surface area (Å²) in [6.07, 6.45) is -2.74. The first-order valence-electron chi connectivity index (χ1n) is 8.19. The molecule has 2 unspecified atom stereocenters. The molecule has 0 aliphatic rings. The van der Waals surface area contributed by atoms with Crippen molar-refractivity contribution in [3.63, 3.8) is 0 Å². The largest absolute Gasteiger partial charge is 0.504 e. The molecule has 2 rings (SSSR count). The monoisotopic (exact) mass is 361 g/mol. The van der Waals surface area contributed by atoms with Gasteiger partial charge in [0, 0.05) is 6.54 Å². The minimum atomic E-state index is -1.17. The van der Waals surface area contributed by atoms with Crippen molar-refractivity contribution in [3.8, 4) is 11.5 Å². The average Bonchev–Trinajstić information content (AvgIpc) is 2.67. The van der Waals surface area contributed by atoms with E-state index in [2.05, 4.69) is 5.32 Å². The maximum atomic E-state index is 11.6. The lowest BCUT2D eigenvalue weighted by molar-refractivity contribution is 0.0135. The Labute approximate surface area is 151 Å². The summed E-state index contributed by atoms with van der Waals surface area (Å²) in [5.74, 6) is 0.150. The number of hydrogen-bond donors (Lipinski definition) is 4. The molecule has 2 atom stereocenters. The Kier molecular flexibility index (Phi) is 7.25. The fraction of sp³-hybridized carbons (Fsp3) is 0.316. The first-order chi connectivity index (χ1) is 12.5. The van der Waals surface area contributed by atoms with Gasteiger partial charge in [0.2, 0.25) is 0 Å². The van der Waals surface area contributed by atoms with Gasteiger partial charge < -0.3 is 30.1 Å². The molecule has 0 aliphatic carbocycles. The van der Waals surface area contributed by atoms with Crippen molar-refractivity contribution in [1.82, 2.24) is 5.32 Å². The molecule has 7 heteroatoms. The van der Waals surface area contributed by atoms with E-state index in [1.807, 2.05) is 30.3 Å². The predicted molar refractivity (Wildman–Crippen MR) is 94.9 cm³/mol. The number of methoxy groups -OCH3 is 1. The van der Waals surface area contributed by atoms with E-state index in [1.54, 1.807) is 0 Å². The van der Waals surface area contributed by atoms with E-state index in [4.69, 9.17) is 9.47 Å². The molecule has 4 N–H and O–H groups in total. The average molecular weight is 361 g/mol. The number of phenolic OH excluding ortho intramolecular Hbond substituents is 1. The molecule has 7 nitrogen and oxygen atoms in total. The summed E-state index contributed by atoms with van der Waals surface area (Å²) in [6.45, 7) is 0.298. The predicted octanol–water partition coefficient (Wildman–Crippen LogP) is 2.11. The van der Waals surface area contributed by atoms with Crippen molar-refractivity contribution < 1.29 is 29.6 Å². The number of hydrogen-bond acceptors (Lipinski definition) is 6. The first kappa shape index (κ1) is 19.6. The van der Waals surface area contributed by atoms with Gasteiger partial charge in [0.05, 0.1) is 13.2 Å². The van der Waals surface area contributed by atoms with Crippen LogP contribution in [-0.2, 0) is 11.3 Å². The molecule has 140 valence electrons. The summed E-state index contributed by atoms with van der Waals surface area (Å²) in [4.78, 5) is 11.6. The standard InChI is InChI=1S/C19H23NO6/c1-25-17-11-14(7-8-15(17)21)18(23)16(22)9-10-20-19(24)26-12-13-5-3-2-4-6-13/h2-8,11,16,18,21-23H,9-10,12H2,1H3,(H,20,24). The molecule has 0 aliphatic heterocycles. The minimum Gasteiger partial charge on any atom is -0.504 e. The normalized spacial score (nSPS) is 12.9. The van der Waals surface area contributed by atoms with E-state index < -0.39 is 18.3 Å². The number of amides is 1. The molecule has 0 radical (unpaired) electrons.